The van der Waals surface area contributed by atoms with Gasteiger partial charge in [0, 0.05) is 12.6 Å². The van der Waals surface area contributed by atoms with Crippen molar-refractivity contribution in [1.29, 1.82) is 0 Å². The highest BCUT2D eigenvalue weighted by Crippen LogP contribution is 2.10. The van der Waals surface area contributed by atoms with Crippen LogP contribution in [0.5, 0.6) is 0 Å². The number of anilines is 1. The fourth-order valence-electron chi connectivity index (χ4n) is 0.904. The Morgan fingerprint density at radius 2 is 2.18 bits per heavy atom. The summed E-state index contributed by atoms with van der Waals surface area (Å²) in [6.07, 6.45) is 1.01. The topological polar surface area (TPSA) is 140 Å². The lowest BCUT2D eigenvalue weighted by Gasteiger charge is -2.07. The van der Waals surface area contributed by atoms with Gasteiger partial charge in [0.15, 0.2) is 0 Å². The molecule has 0 amide bonds. The third-order valence-corrected chi connectivity index (χ3v) is 2.87. The Morgan fingerprint density at radius 3 is 2.65 bits per heavy atom. The second kappa shape index (κ2) is 5.52. The van der Waals surface area contributed by atoms with Crippen molar-refractivity contribution in [2.75, 3.05) is 17.7 Å². The number of nitrogens with two attached hydrogens (primary N) is 1. The predicted octanol–water partition coefficient (Wildman–Crippen LogP) is -0.805. The van der Waals surface area contributed by atoms with Crippen LogP contribution in [0.3, 0.4) is 0 Å². The fourth-order valence-corrected chi connectivity index (χ4v) is 1.58. The molecule has 0 aromatic carbocycles. The number of aromatic nitrogens is 1. The average molecular weight is 261 g/mol. The Kier molecular flexibility index (Phi) is 4.31. The van der Waals surface area contributed by atoms with Crippen LogP contribution >= 0.6 is 0 Å². The van der Waals surface area contributed by atoms with Gasteiger partial charge in [-0.05, 0) is 6.07 Å². The highest BCUT2D eigenvalue weighted by molar-refractivity contribution is 7.89. The van der Waals surface area contributed by atoms with Gasteiger partial charge in [0.1, 0.15) is 12.0 Å². The molecule has 0 spiro atoms. The van der Waals surface area contributed by atoms with Gasteiger partial charge >= 0.3 is 0 Å². The number of hydrogen-bond donors (Lipinski definition) is 3. The highest BCUT2D eigenvalue weighted by atomic mass is 32.2. The number of nitrogens with one attached hydrogen (secondary N) is 2. The molecule has 1 aromatic heterocycles. The molecule has 0 radical (unpaired) electrons. The molecule has 17 heavy (non-hydrogen) atoms. The quantitative estimate of drug-likeness (QED) is 0.449. The molecule has 0 unspecified atom stereocenters. The maximum atomic E-state index is 11.2. The molecular formula is C7H11N5O4S. The summed E-state index contributed by atoms with van der Waals surface area (Å²) in [4.78, 5) is 15.4. The van der Waals surface area contributed by atoms with Crippen LogP contribution in [-0.2, 0) is 10.0 Å². The summed E-state index contributed by atoms with van der Waals surface area (Å²) < 4.78 is 22.4. The zero-order valence-corrected chi connectivity index (χ0v) is 9.48. The van der Waals surface area contributed by atoms with Gasteiger partial charge in [-0.3, -0.25) is 15.5 Å². The molecule has 0 saturated heterocycles. The zero-order valence-electron chi connectivity index (χ0n) is 8.66. The van der Waals surface area contributed by atoms with Gasteiger partial charge in [0.25, 0.3) is 5.69 Å². The first-order chi connectivity index (χ1) is 7.94. The number of hydrogen-bond acceptors (Lipinski definition) is 7. The molecule has 0 aliphatic rings. The minimum atomic E-state index is -3.52. The van der Waals surface area contributed by atoms with Crippen LogP contribution in [0.25, 0.3) is 0 Å². The summed E-state index contributed by atoms with van der Waals surface area (Å²) in [5, 5.41) is 10.3. The van der Waals surface area contributed by atoms with Crippen LogP contribution in [0.15, 0.2) is 18.3 Å². The lowest BCUT2D eigenvalue weighted by Crippen LogP contribution is -2.34. The van der Waals surface area contributed by atoms with Crippen LogP contribution < -0.4 is 16.0 Å². The molecule has 1 heterocycles. The first-order valence-electron chi connectivity index (χ1n) is 4.50. The van der Waals surface area contributed by atoms with E-state index in [2.05, 4.69) is 10.4 Å². The lowest BCUT2D eigenvalue weighted by molar-refractivity contribution is -0.385. The number of nitrogens with zero attached hydrogens (tertiary/aromatic N) is 2. The van der Waals surface area contributed by atoms with Crippen LogP contribution in [0.4, 0.5) is 11.5 Å². The summed E-state index contributed by atoms with van der Waals surface area (Å²) >= 11 is 0. The number of rotatable bonds is 6. The van der Waals surface area contributed by atoms with Crippen molar-refractivity contribution < 1.29 is 13.3 Å². The summed E-state index contributed by atoms with van der Waals surface area (Å²) in [5.41, 5.74) is 7.23. The van der Waals surface area contributed by atoms with Crippen molar-refractivity contribution in [3.8, 4) is 0 Å². The molecule has 10 heteroatoms. The summed E-state index contributed by atoms with van der Waals surface area (Å²) in [6.45, 7) is -0.00922. The minimum absolute atomic E-state index is 0.00922. The molecule has 0 saturated carbocycles. The Bertz CT molecular complexity index is 485. The largest absolute Gasteiger partial charge is 0.329 e. The van der Waals surface area contributed by atoms with E-state index in [1.165, 1.54) is 12.1 Å². The predicted molar refractivity (Wildman–Crippen MR) is 60.5 cm³/mol. The second-order valence-electron chi connectivity index (χ2n) is 2.99. The number of nitro groups is 1. The van der Waals surface area contributed by atoms with E-state index in [-0.39, 0.29) is 23.8 Å². The smallest absolute Gasteiger partial charge is 0.287 e. The lowest BCUT2D eigenvalue weighted by atomic mass is 10.4. The van der Waals surface area contributed by atoms with E-state index < -0.39 is 14.9 Å². The molecule has 9 nitrogen and oxygen atoms in total. The molecule has 0 atom stereocenters. The Morgan fingerprint density at radius 1 is 1.47 bits per heavy atom. The van der Waals surface area contributed by atoms with Crippen molar-refractivity contribution in [1.82, 2.24) is 9.82 Å². The first-order valence-corrected chi connectivity index (χ1v) is 6.16. The van der Waals surface area contributed by atoms with E-state index in [0.29, 0.717) is 0 Å². The van der Waals surface area contributed by atoms with Gasteiger partial charge in [-0.15, -0.1) is 4.83 Å². The zero-order chi connectivity index (χ0) is 12.9. The van der Waals surface area contributed by atoms with Gasteiger partial charge in [-0.25, -0.2) is 13.4 Å². The van der Waals surface area contributed by atoms with E-state index >= 15 is 0 Å². The Balaban J connectivity index is 2.62. The van der Waals surface area contributed by atoms with E-state index in [0.717, 1.165) is 6.20 Å². The average Bonchev–Trinajstić information content (AvgIpc) is 2.27. The number of pyridine rings is 1. The van der Waals surface area contributed by atoms with Crippen molar-refractivity contribution in [2.24, 2.45) is 5.73 Å². The Hall–Kier alpha value is -1.78. The van der Waals surface area contributed by atoms with Crippen LogP contribution in [0, 0.1) is 10.1 Å². The van der Waals surface area contributed by atoms with E-state index in [1.54, 1.807) is 0 Å². The van der Waals surface area contributed by atoms with Gasteiger partial charge in [0.05, 0.1) is 10.7 Å². The van der Waals surface area contributed by atoms with Crippen molar-refractivity contribution >= 4 is 21.5 Å². The first kappa shape index (κ1) is 13.3. The Labute approximate surface area is 97.2 Å². The SMILES string of the molecule is NCCS(=O)(=O)NNc1ccc([N+](=O)[O-])cn1. The van der Waals surface area contributed by atoms with Crippen LogP contribution in [0.2, 0.25) is 0 Å². The van der Waals surface area contributed by atoms with E-state index in [4.69, 9.17) is 5.73 Å². The molecule has 1 rings (SSSR count). The molecule has 0 bridgehead atoms. The van der Waals surface area contributed by atoms with Crippen molar-refractivity contribution in [3.05, 3.63) is 28.4 Å². The maximum absolute atomic E-state index is 11.2. The van der Waals surface area contributed by atoms with Crippen LogP contribution in [0.1, 0.15) is 0 Å². The minimum Gasteiger partial charge on any atom is -0.329 e. The van der Waals surface area contributed by atoms with Crippen LogP contribution in [-0.4, -0.2) is 30.6 Å². The summed E-state index contributed by atoms with van der Waals surface area (Å²) in [7, 11) is -3.52. The molecular weight excluding hydrogens is 250 g/mol. The van der Waals surface area contributed by atoms with Crippen molar-refractivity contribution in [2.45, 2.75) is 0 Å². The van der Waals surface area contributed by atoms with Gasteiger partial charge in [-0.2, -0.15) is 0 Å². The summed E-state index contributed by atoms with van der Waals surface area (Å²) in [5.74, 6) is -0.0799. The van der Waals surface area contributed by atoms with Gasteiger partial charge < -0.3 is 5.73 Å². The molecule has 0 fully saturated rings. The monoisotopic (exact) mass is 261 g/mol. The molecule has 4 N–H and O–H groups in total. The normalized spacial score (nSPS) is 11.1. The van der Waals surface area contributed by atoms with Crippen molar-refractivity contribution in [3.63, 3.8) is 0 Å². The molecule has 0 aliphatic heterocycles. The van der Waals surface area contributed by atoms with Gasteiger partial charge in [0.2, 0.25) is 10.0 Å². The summed E-state index contributed by atoms with van der Waals surface area (Å²) in [6, 6.07) is 2.48. The third-order valence-electron chi connectivity index (χ3n) is 1.68. The van der Waals surface area contributed by atoms with E-state index in [1.807, 2.05) is 4.83 Å². The fraction of sp³-hybridized carbons (Fsp3) is 0.286. The highest BCUT2D eigenvalue weighted by Gasteiger charge is 2.09. The molecule has 1 aromatic rings. The second-order valence-corrected chi connectivity index (χ2v) is 4.84. The number of sulfonamides is 1. The van der Waals surface area contributed by atoms with Gasteiger partial charge in [-0.1, -0.05) is 0 Å². The standard InChI is InChI=1S/C7H11N5O4S/c8-3-4-17(15,16)11-10-7-2-1-6(5-9-7)12(13)14/h1-2,5,11H,3-4,8H2,(H,9,10). The van der Waals surface area contributed by atoms with E-state index in [9.17, 15) is 18.5 Å². The third kappa shape index (κ3) is 4.30. The molecule has 0 aliphatic carbocycles. The molecule has 94 valence electrons. The number of hydrazine groups is 1. The maximum Gasteiger partial charge on any atom is 0.287 e.